The summed E-state index contributed by atoms with van der Waals surface area (Å²) in [6, 6.07) is 8.49. The molecule has 0 saturated heterocycles. The quantitative estimate of drug-likeness (QED) is 0.507. The van der Waals surface area contributed by atoms with Crippen molar-refractivity contribution in [3.8, 4) is 0 Å². The number of rotatable bonds is 7. The Labute approximate surface area is 158 Å². The number of benzene rings is 1. The highest BCUT2D eigenvalue weighted by Gasteiger charge is 2.04. The Morgan fingerprint density at radius 3 is 2.62 bits per heavy atom. The molecule has 0 aliphatic rings. The van der Waals surface area contributed by atoms with Crippen molar-refractivity contribution in [1.82, 2.24) is 15.1 Å². The first-order valence-electron chi connectivity index (χ1n) is 8.34. The van der Waals surface area contributed by atoms with E-state index in [-0.39, 0.29) is 0 Å². The maximum absolute atomic E-state index is 5.35. The van der Waals surface area contributed by atoms with E-state index in [0.717, 1.165) is 41.8 Å². The Bertz CT molecular complexity index is 647. The summed E-state index contributed by atoms with van der Waals surface area (Å²) < 4.78 is 3.00. The van der Waals surface area contributed by atoms with E-state index in [1.54, 1.807) is 0 Å². The summed E-state index contributed by atoms with van der Waals surface area (Å²) in [5.41, 5.74) is 3.40. The Morgan fingerprint density at radius 1 is 1.33 bits per heavy atom. The maximum Gasteiger partial charge on any atom is 0.170 e. The number of hydrogen-bond acceptors (Lipinski definition) is 2. The molecule has 130 valence electrons. The van der Waals surface area contributed by atoms with Gasteiger partial charge in [-0.05, 0) is 71.5 Å². The van der Waals surface area contributed by atoms with Crippen molar-refractivity contribution in [3.05, 3.63) is 46.2 Å². The van der Waals surface area contributed by atoms with Gasteiger partial charge in [-0.3, -0.25) is 4.68 Å². The van der Waals surface area contributed by atoms with Gasteiger partial charge in [0.15, 0.2) is 5.11 Å². The number of hydrogen-bond donors (Lipinski definition) is 2. The van der Waals surface area contributed by atoms with Crippen molar-refractivity contribution in [2.75, 3.05) is 11.9 Å². The summed E-state index contributed by atoms with van der Waals surface area (Å²) in [7, 11) is 0. The van der Waals surface area contributed by atoms with E-state index >= 15 is 0 Å². The van der Waals surface area contributed by atoms with Crippen molar-refractivity contribution in [1.29, 1.82) is 0 Å². The topological polar surface area (TPSA) is 41.9 Å². The largest absolute Gasteiger partial charge is 0.362 e. The van der Waals surface area contributed by atoms with E-state index < -0.39 is 0 Å². The normalized spacial score (nSPS) is 12.0. The van der Waals surface area contributed by atoms with Crippen LogP contribution in [0, 0.1) is 6.92 Å². The molecule has 1 aromatic heterocycles. The van der Waals surface area contributed by atoms with Gasteiger partial charge in [0.05, 0.1) is 10.2 Å². The van der Waals surface area contributed by atoms with Gasteiger partial charge in [-0.25, -0.2) is 0 Å². The number of aryl methyl sites for hydroxylation is 2. The summed E-state index contributed by atoms with van der Waals surface area (Å²) in [5.74, 6) is 0.593. The minimum absolute atomic E-state index is 0.593. The van der Waals surface area contributed by atoms with Crippen molar-refractivity contribution in [3.63, 3.8) is 0 Å². The van der Waals surface area contributed by atoms with Crippen LogP contribution in [0.15, 0.2) is 34.9 Å². The van der Waals surface area contributed by atoms with Crippen LogP contribution in [0.3, 0.4) is 0 Å². The molecule has 2 rings (SSSR count). The van der Waals surface area contributed by atoms with Gasteiger partial charge in [-0.15, -0.1) is 0 Å². The fourth-order valence-electron chi connectivity index (χ4n) is 2.36. The van der Waals surface area contributed by atoms with Gasteiger partial charge < -0.3 is 10.6 Å². The van der Waals surface area contributed by atoms with E-state index in [0.29, 0.717) is 11.0 Å². The number of nitrogens with one attached hydrogen (secondary N) is 2. The van der Waals surface area contributed by atoms with E-state index in [1.807, 2.05) is 17.8 Å². The molecule has 0 aliphatic carbocycles. The Kier molecular flexibility index (Phi) is 7.24. The van der Waals surface area contributed by atoms with Crippen molar-refractivity contribution in [2.24, 2.45) is 0 Å². The third-order valence-electron chi connectivity index (χ3n) is 4.09. The zero-order valence-corrected chi connectivity index (χ0v) is 16.9. The zero-order chi connectivity index (χ0) is 17.5. The van der Waals surface area contributed by atoms with Crippen LogP contribution in [0.25, 0.3) is 0 Å². The van der Waals surface area contributed by atoms with E-state index in [4.69, 9.17) is 12.2 Å². The SMILES string of the molecule is CCC(C)c1ccc(NC(=S)NCCCn2cc(Br)c(C)n2)cc1. The van der Waals surface area contributed by atoms with Crippen LogP contribution in [0.2, 0.25) is 0 Å². The standard InChI is InChI=1S/C18H25BrN4S/c1-4-13(2)15-6-8-16(9-7-15)21-18(24)20-10-5-11-23-12-17(19)14(3)22-23/h6-9,12-13H,4-5,10-11H2,1-3H3,(H2,20,21,24). The number of aromatic nitrogens is 2. The van der Waals surface area contributed by atoms with Crippen LogP contribution in [0.4, 0.5) is 5.69 Å². The maximum atomic E-state index is 5.35. The molecular formula is C18H25BrN4S. The lowest BCUT2D eigenvalue weighted by molar-refractivity contribution is 0.570. The number of anilines is 1. The summed E-state index contributed by atoms with van der Waals surface area (Å²) >= 11 is 8.82. The van der Waals surface area contributed by atoms with Gasteiger partial charge in [-0.1, -0.05) is 26.0 Å². The van der Waals surface area contributed by atoms with Crippen LogP contribution >= 0.6 is 28.1 Å². The first-order chi connectivity index (χ1) is 11.5. The molecule has 1 atom stereocenters. The summed E-state index contributed by atoms with van der Waals surface area (Å²) in [6.45, 7) is 8.12. The lowest BCUT2D eigenvalue weighted by Crippen LogP contribution is -2.29. The molecule has 0 bridgehead atoms. The number of halogens is 1. The van der Waals surface area contributed by atoms with Crippen LogP contribution < -0.4 is 10.6 Å². The number of nitrogens with zero attached hydrogens (tertiary/aromatic N) is 2. The second kappa shape index (κ2) is 9.18. The average molecular weight is 409 g/mol. The second-order valence-corrected chi connectivity index (χ2v) is 7.25. The molecule has 0 spiro atoms. The molecule has 0 fully saturated rings. The average Bonchev–Trinajstić information content (AvgIpc) is 2.89. The van der Waals surface area contributed by atoms with Crippen LogP contribution in [0.1, 0.15) is 43.9 Å². The molecule has 1 heterocycles. The van der Waals surface area contributed by atoms with Gasteiger partial charge in [-0.2, -0.15) is 5.10 Å². The Balaban J connectivity index is 1.71. The molecule has 4 nitrogen and oxygen atoms in total. The van der Waals surface area contributed by atoms with Gasteiger partial charge in [0.25, 0.3) is 0 Å². The van der Waals surface area contributed by atoms with Gasteiger partial charge >= 0.3 is 0 Å². The summed E-state index contributed by atoms with van der Waals surface area (Å²) in [5, 5.41) is 11.5. The smallest absolute Gasteiger partial charge is 0.170 e. The van der Waals surface area contributed by atoms with Gasteiger partial charge in [0, 0.05) is 25.0 Å². The molecule has 0 radical (unpaired) electrons. The van der Waals surface area contributed by atoms with Gasteiger partial charge in [0.2, 0.25) is 0 Å². The molecule has 1 aromatic carbocycles. The van der Waals surface area contributed by atoms with E-state index in [1.165, 1.54) is 5.56 Å². The first kappa shape index (κ1) is 18.9. The van der Waals surface area contributed by atoms with Crippen molar-refractivity contribution >= 4 is 38.9 Å². The minimum atomic E-state index is 0.593. The Hall–Kier alpha value is -1.40. The molecule has 0 amide bonds. The molecule has 1 unspecified atom stereocenters. The fraction of sp³-hybridized carbons (Fsp3) is 0.444. The summed E-state index contributed by atoms with van der Waals surface area (Å²) in [4.78, 5) is 0. The molecule has 0 saturated carbocycles. The number of thiocarbonyl (C=S) groups is 1. The predicted octanol–water partition coefficient (Wildman–Crippen LogP) is 4.84. The van der Waals surface area contributed by atoms with Gasteiger partial charge in [0.1, 0.15) is 0 Å². The Morgan fingerprint density at radius 2 is 2.04 bits per heavy atom. The highest BCUT2D eigenvalue weighted by molar-refractivity contribution is 9.10. The minimum Gasteiger partial charge on any atom is -0.362 e. The first-order valence-corrected chi connectivity index (χ1v) is 9.54. The molecule has 0 aliphatic heterocycles. The van der Waals surface area contributed by atoms with Crippen LogP contribution in [0.5, 0.6) is 0 Å². The second-order valence-electron chi connectivity index (χ2n) is 5.99. The third-order valence-corrected chi connectivity index (χ3v) is 5.11. The molecule has 24 heavy (non-hydrogen) atoms. The molecule has 2 aromatic rings. The van der Waals surface area contributed by atoms with E-state index in [2.05, 4.69) is 69.8 Å². The highest BCUT2D eigenvalue weighted by atomic mass is 79.9. The molecular weight excluding hydrogens is 384 g/mol. The molecule has 2 N–H and O–H groups in total. The van der Waals surface area contributed by atoms with Crippen molar-refractivity contribution < 1.29 is 0 Å². The molecule has 6 heteroatoms. The van der Waals surface area contributed by atoms with Crippen molar-refractivity contribution in [2.45, 2.75) is 46.1 Å². The van der Waals surface area contributed by atoms with Crippen LogP contribution in [-0.4, -0.2) is 21.4 Å². The third kappa shape index (κ3) is 5.60. The predicted molar refractivity (Wildman–Crippen MR) is 109 cm³/mol. The van der Waals surface area contributed by atoms with Crippen LogP contribution in [-0.2, 0) is 6.54 Å². The monoisotopic (exact) mass is 408 g/mol. The highest BCUT2D eigenvalue weighted by Crippen LogP contribution is 2.20. The zero-order valence-electron chi connectivity index (χ0n) is 14.5. The lowest BCUT2D eigenvalue weighted by atomic mass is 9.99. The summed E-state index contributed by atoms with van der Waals surface area (Å²) in [6.07, 6.45) is 4.12. The van der Waals surface area contributed by atoms with E-state index in [9.17, 15) is 0 Å². The lowest BCUT2D eigenvalue weighted by Gasteiger charge is -2.13. The fourth-order valence-corrected chi connectivity index (χ4v) is 2.89.